The second kappa shape index (κ2) is 16.6. The van der Waals surface area contributed by atoms with Gasteiger partial charge in [-0.15, -0.1) is 0 Å². The lowest BCUT2D eigenvalue weighted by Gasteiger charge is -2.27. The molecule has 0 rings (SSSR count). The van der Waals surface area contributed by atoms with Crippen molar-refractivity contribution in [1.29, 1.82) is 0 Å². The van der Waals surface area contributed by atoms with Crippen LogP contribution in [0, 0.1) is 5.92 Å². The molecular weight excluding hydrogens is 460 g/mol. The number of carbonyl (C=O) groups excluding carboxylic acids is 3. The van der Waals surface area contributed by atoms with Gasteiger partial charge in [0, 0.05) is 6.54 Å². The van der Waals surface area contributed by atoms with Crippen molar-refractivity contribution in [3.05, 3.63) is 0 Å². The van der Waals surface area contributed by atoms with E-state index in [1.54, 1.807) is 13.8 Å². The van der Waals surface area contributed by atoms with Gasteiger partial charge >= 0.3 is 5.97 Å². The van der Waals surface area contributed by atoms with Crippen molar-refractivity contribution in [3.63, 3.8) is 0 Å². The standard InChI is InChI=1S/C21H42N8O6/c1-11(2)15(19(33)29-16(12(3)30)20(34)35)28-18(32)14(8-4-5-9-22)27-17(31)13(23)7-6-10-26-21(24)25/h11-16,30H,4-10,22-23H2,1-3H3,(H,27,31)(H,28,32)(H,29,33)(H,34,35)(H4,24,25,26). The number of rotatable bonds is 17. The molecule has 202 valence electrons. The number of hydrogen-bond donors (Lipinski definition) is 9. The first kappa shape index (κ1) is 32.0. The molecule has 0 aliphatic rings. The molecule has 0 bridgehead atoms. The molecule has 0 aliphatic carbocycles. The Morgan fingerprint density at radius 3 is 1.94 bits per heavy atom. The van der Waals surface area contributed by atoms with Crippen LogP contribution in [-0.4, -0.2) is 83.2 Å². The number of guanidine groups is 1. The number of nitrogens with one attached hydrogen (secondary N) is 3. The molecule has 0 aromatic heterocycles. The molecule has 5 atom stereocenters. The van der Waals surface area contributed by atoms with E-state index in [9.17, 15) is 29.4 Å². The van der Waals surface area contributed by atoms with E-state index in [1.165, 1.54) is 6.92 Å². The van der Waals surface area contributed by atoms with E-state index in [-0.39, 0.29) is 18.8 Å². The van der Waals surface area contributed by atoms with Crippen molar-refractivity contribution in [2.24, 2.45) is 33.8 Å². The Morgan fingerprint density at radius 2 is 1.46 bits per heavy atom. The largest absolute Gasteiger partial charge is 0.480 e. The van der Waals surface area contributed by atoms with E-state index in [0.29, 0.717) is 32.4 Å². The lowest BCUT2D eigenvalue weighted by Crippen LogP contribution is -2.59. The number of carboxylic acid groups (broad SMARTS) is 1. The van der Waals surface area contributed by atoms with Crippen molar-refractivity contribution in [2.45, 2.75) is 83.1 Å². The SMILES string of the molecule is CC(C)C(NC(=O)C(CCCCN)NC(=O)C(N)CCCN=C(N)N)C(=O)NC(C(=O)O)C(C)O. The van der Waals surface area contributed by atoms with E-state index in [0.717, 1.165) is 0 Å². The van der Waals surface area contributed by atoms with Crippen LogP contribution in [0.5, 0.6) is 0 Å². The highest BCUT2D eigenvalue weighted by atomic mass is 16.4. The van der Waals surface area contributed by atoms with Crippen LogP contribution in [0.1, 0.15) is 52.9 Å². The van der Waals surface area contributed by atoms with Crippen LogP contribution in [0.2, 0.25) is 0 Å². The fourth-order valence-electron chi connectivity index (χ4n) is 3.11. The monoisotopic (exact) mass is 502 g/mol. The molecule has 13 N–H and O–H groups in total. The maximum Gasteiger partial charge on any atom is 0.328 e. The summed E-state index contributed by atoms with van der Waals surface area (Å²) in [6, 6.07) is -4.54. The topological polar surface area (TPSA) is 261 Å². The minimum absolute atomic E-state index is 0.0634. The first-order valence-electron chi connectivity index (χ1n) is 11.6. The average molecular weight is 503 g/mol. The summed E-state index contributed by atoms with van der Waals surface area (Å²) >= 11 is 0. The number of aliphatic hydroxyl groups excluding tert-OH is 1. The van der Waals surface area contributed by atoms with Gasteiger partial charge in [-0.3, -0.25) is 19.4 Å². The van der Waals surface area contributed by atoms with Crippen LogP contribution in [0.25, 0.3) is 0 Å². The summed E-state index contributed by atoms with van der Waals surface area (Å²) in [6.07, 6.45) is 0.806. The van der Waals surface area contributed by atoms with Crippen molar-refractivity contribution in [2.75, 3.05) is 13.1 Å². The zero-order chi connectivity index (χ0) is 27.1. The maximum atomic E-state index is 13.0. The predicted molar refractivity (Wildman–Crippen MR) is 131 cm³/mol. The Hall–Kier alpha value is -2.97. The van der Waals surface area contributed by atoms with Crippen molar-refractivity contribution >= 4 is 29.7 Å². The third kappa shape index (κ3) is 12.9. The van der Waals surface area contributed by atoms with Gasteiger partial charge in [0.1, 0.15) is 12.1 Å². The molecule has 0 fully saturated rings. The highest BCUT2D eigenvalue weighted by Crippen LogP contribution is 2.08. The number of carbonyl (C=O) groups is 4. The molecular formula is C21H42N8O6. The maximum absolute atomic E-state index is 13.0. The normalized spacial score (nSPS) is 15.3. The van der Waals surface area contributed by atoms with Crippen molar-refractivity contribution in [3.8, 4) is 0 Å². The summed E-state index contributed by atoms with van der Waals surface area (Å²) < 4.78 is 0. The van der Waals surface area contributed by atoms with Gasteiger partial charge < -0.3 is 49.1 Å². The summed E-state index contributed by atoms with van der Waals surface area (Å²) in [5.74, 6) is -3.84. The van der Waals surface area contributed by atoms with E-state index in [2.05, 4.69) is 20.9 Å². The predicted octanol–water partition coefficient (Wildman–Crippen LogP) is -2.93. The van der Waals surface area contributed by atoms with Gasteiger partial charge in [0.2, 0.25) is 17.7 Å². The van der Waals surface area contributed by atoms with Crippen LogP contribution in [0.15, 0.2) is 4.99 Å². The van der Waals surface area contributed by atoms with E-state index >= 15 is 0 Å². The average Bonchev–Trinajstić information content (AvgIpc) is 2.76. The zero-order valence-electron chi connectivity index (χ0n) is 20.7. The zero-order valence-corrected chi connectivity index (χ0v) is 20.7. The van der Waals surface area contributed by atoms with Gasteiger partial charge in [0.05, 0.1) is 12.1 Å². The quantitative estimate of drug-likeness (QED) is 0.0555. The van der Waals surface area contributed by atoms with Crippen LogP contribution < -0.4 is 38.9 Å². The van der Waals surface area contributed by atoms with Crippen LogP contribution in [0.4, 0.5) is 0 Å². The number of aliphatic imine (C=N–C) groups is 1. The number of carboxylic acids is 1. The number of unbranched alkanes of at least 4 members (excludes halogenated alkanes) is 1. The number of hydrogen-bond acceptors (Lipinski definition) is 8. The van der Waals surface area contributed by atoms with Gasteiger partial charge in [-0.2, -0.15) is 0 Å². The molecule has 0 spiro atoms. The van der Waals surface area contributed by atoms with Crippen LogP contribution in [-0.2, 0) is 19.2 Å². The fraction of sp³-hybridized carbons (Fsp3) is 0.762. The lowest BCUT2D eigenvalue weighted by molar-refractivity contribution is -0.145. The van der Waals surface area contributed by atoms with E-state index in [4.69, 9.17) is 22.9 Å². The number of aliphatic hydroxyl groups is 1. The highest BCUT2D eigenvalue weighted by molar-refractivity contribution is 5.94. The highest BCUT2D eigenvalue weighted by Gasteiger charge is 2.33. The number of nitrogens with two attached hydrogens (primary N) is 4. The molecule has 5 unspecified atom stereocenters. The Balaban J connectivity index is 5.33. The van der Waals surface area contributed by atoms with E-state index in [1.807, 2.05) is 0 Å². The molecule has 0 saturated carbocycles. The molecule has 35 heavy (non-hydrogen) atoms. The number of amides is 3. The summed E-state index contributed by atoms with van der Waals surface area (Å²) in [7, 11) is 0. The molecule has 0 aliphatic heterocycles. The van der Waals surface area contributed by atoms with E-state index < -0.39 is 59.9 Å². The van der Waals surface area contributed by atoms with Crippen molar-refractivity contribution in [1.82, 2.24) is 16.0 Å². The minimum Gasteiger partial charge on any atom is -0.480 e. The van der Waals surface area contributed by atoms with Crippen LogP contribution in [0.3, 0.4) is 0 Å². The first-order valence-corrected chi connectivity index (χ1v) is 11.6. The lowest BCUT2D eigenvalue weighted by atomic mass is 10.0. The summed E-state index contributed by atoms with van der Waals surface area (Å²) in [5.41, 5.74) is 22.0. The Kier molecular flexibility index (Phi) is 15.2. The number of nitrogens with zero attached hydrogens (tertiary/aromatic N) is 1. The molecule has 0 saturated heterocycles. The van der Waals surface area contributed by atoms with Gasteiger partial charge in [-0.05, 0) is 51.5 Å². The Morgan fingerprint density at radius 1 is 0.857 bits per heavy atom. The molecule has 0 heterocycles. The molecule has 14 nitrogen and oxygen atoms in total. The van der Waals surface area contributed by atoms with Crippen LogP contribution >= 0.6 is 0 Å². The molecule has 0 radical (unpaired) electrons. The summed E-state index contributed by atoms with van der Waals surface area (Å²) in [4.78, 5) is 53.4. The van der Waals surface area contributed by atoms with Gasteiger partial charge in [-0.1, -0.05) is 13.8 Å². The molecule has 3 amide bonds. The minimum atomic E-state index is -1.54. The smallest absolute Gasteiger partial charge is 0.328 e. The van der Waals surface area contributed by atoms with Crippen molar-refractivity contribution < 1.29 is 29.4 Å². The molecule has 0 aromatic rings. The van der Waals surface area contributed by atoms with Gasteiger partial charge in [0.15, 0.2) is 12.0 Å². The Labute approximate surface area is 205 Å². The Bertz CT molecular complexity index is 727. The third-order valence-corrected chi connectivity index (χ3v) is 5.18. The fourth-order valence-corrected chi connectivity index (χ4v) is 3.11. The summed E-state index contributed by atoms with van der Waals surface area (Å²) in [5, 5.41) is 26.3. The van der Waals surface area contributed by atoms with Gasteiger partial charge in [-0.25, -0.2) is 4.79 Å². The second-order valence-corrected chi connectivity index (χ2v) is 8.70. The summed E-state index contributed by atoms with van der Waals surface area (Å²) in [6.45, 7) is 5.26. The molecule has 0 aromatic carbocycles. The molecule has 14 heteroatoms. The third-order valence-electron chi connectivity index (χ3n) is 5.18. The second-order valence-electron chi connectivity index (χ2n) is 8.70. The van der Waals surface area contributed by atoms with Gasteiger partial charge in [0.25, 0.3) is 0 Å². The number of aliphatic carboxylic acids is 1. The first-order chi connectivity index (χ1) is 16.3.